The van der Waals surface area contributed by atoms with E-state index in [0.29, 0.717) is 29.6 Å². The first-order valence-corrected chi connectivity index (χ1v) is 11.3. The highest BCUT2D eigenvalue weighted by atomic mass is 35.5. The highest BCUT2D eigenvalue weighted by molar-refractivity contribution is 6.31. The Bertz CT molecular complexity index is 1310. The normalized spacial score (nSPS) is 10.9. The quantitative estimate of drug-likeness (QED) is 0.331. The number of nitrogens with one attached hydrogen (secondary N) is 1. The van der Waals surface area contributed by atoms with Crippen LogP contribution in [0.1, 0.15) is 38.3 Å². The lowest BCUT2D eigenvalue weighted by molar-refractivity contribution is 0.102. The summed E-state index contributed by atoms with van der Waals surface area (Å²) in [7, 11) is 0. The number of carbonyl (C=O) groups is 1. The predicted octanol–water partition coefficient (Wildman–Crippen LogP) is 6.48. The van der Waals surface area contributed by atoms with Crippen LogP contribution in [0.3, 0.4) is 0 Å². The van der Waals surface area contributed by atoms with Crippen LogP contribution in [0.4, 0.5) is 10.2 Å². The van der Waals surface area contributed by atoms with Crippen molar-refractivity contribution >= 4 is 23.3 Å². The third kappa shape index (κ3) is 5.46. The number of halogens is 2. The van der Waals surface area contributed by atoms with Crippen molar-refractivity contribution in [2.75, 3.05) is 5.32 Å². The highest BCUT2D eigenvalue weighted by Crippen LogP contribution is 2.24. The van der Waals surface area contributed by atoms with Gasteiger partial charge in [-0.3, -0.25) is 9.48 Å². The first-order valence-electron chi connectivity index (χ1n) is 10.9. The number of rotatable bonds is 7. The SMILES string of the molecule is Cc1cccc(C)c1OCc1ccc(C(=O)Nc2cc(C)n(Cc3ccc(F)cc3Cl)n2)cc1. The van der Waals surface area contributed by atoms with Gasteiger partial charge >= 0.3 is 0 Å². The third-order valence-electron chi connectivity index (χ3n) is 5.57. The molecule has 0 atom stereocenters. The van der Waals surface area contributed by atoms with E-state index in [-0.39, 0.29) is 11.7 Å². The first-order chi connectivity index (χ1) is 16.3. The Morgan fingerprint density at radius 3 is 2.41 bits per heavy atom. The van der Waals surface area contributed by atoms with Gasteiger partial charge in [0.15, 0.2) is 5.82 Å². The van der Waals surface area contributed by atoms with Crippen molar-refractivity contribution in [2.24, 2.45) is 0 Å². The van der Waals surface area contributed by atoms with Crippen LogP contribution >= 0.6 is 11.6 Å². The van der Waals surface area contributed by atoms with Crippen molar-refractivity contribution in [3.8, 4) is 5.75 Å². The van der Waals surface area contributed by atoms with Crippen LogP contribution in [-0.2, 0) is 13.2 Å². The Morgan fingerprint density at radius 1 is 1.03 bits per heavy atom. The Hall–Kier alpha value is -3.64. The van der Waals surface area contributed by atoms with Gasteiger partial charge in [0.25, 0.3) is 5.91 Å². The molecular weight excluding hydrogens is 453 g/mol. The molecule has 0 saturated carbocycles. The van der Waals surface area contributed by atoms with Gasteiger partial charge in [0, 0.05) is 22.3 Å². The summed E-state index contributed by atoms with van der Waals surface area (Å²) >= 11 is 6.13. The smallest absolute Gasteiger partial charge is 0.256 e. The second-order valence-corrected chi connectivity index (χ2v) is 8.63. The number of carbonyl (C=O) groups excluding carboxylic acids is 1. The maximum Gasteiger partial charge on any atom is 0.256 e. The van der Waals surface area contributed by atoms with Crippen LogP contribution in [0, 0.1) is 26.6 Å². The number of aromatic nitrogens is 2. The summed E-state index contributed by atoms with van der Waals surface area (Å²) in [6.07, 6.45) is 0. The molecule has 174 valence electrons. The number of anilines is 1. The van der Waals surface area contributed by atoms with E-state index < -0.39 is 0 Å². The molecule has 0 radical (unpaired) electrons. The van der Waals surface area contributed by atoms with Gasteiger partial charge in [-0.1, -0.05) is 48.0 Å². The monoisotopic (exact) mass is 477 g/mol. The molecule has 5 nitrogen and oxygen atoms in total. The van der Waals surface area contributed by atoms with Gasteiger partial charge < -0.3 is 10.1 Å². The fourth-order valence-corrected chi connectivity index (χ4v) is 3.89. The lowest BCUT2D eigenvalue weighted by Crippen LogP contribution is -2.13. The van der Waals surface area contributed by atoms with Crippen LogP contribution in [0.2, 0.25) is 5.02 Å². The van der Waals surface area contributed by atoms with Gasteiger partial charge in [-0.15, -0.1) is 0 Å². The molecule has 0 saturated heterocycles. The summed E-state index contributed by atoms with van der Waals surface area (Å²) in [5.41, 5.74) is 5.25. The van der Waals surface area contributed by atoms with Crippen molar-refractivity contribution in [3.05, 3.63) is 111 Å². The van der Waals surface area contributed by atoms with Crippen molar-refractivity contribution in [1.29, 1.82) is 0 Å². The number of para-hydroxylation sites is 1. The van der Waals surface area contributed by atoms with E-state index in [0.717, 1.165) is 33.7 Å². The number of aryl methyl sites for hydroxylation is 3. The van der Waals surface area contributed by atoms with E-state index in [9.17, 15) is 9.18 Å². The van der Waals surface area contributed by atoms with E-state index in [1.54, 1.807) is 28.9 Å². The molecule has 1 amide bonds. The molecular formula is C27H25ClFN3O2. The summed E-state index contributed by atoms with van der Waals surface area (Å²) in [4.78, 5) is 12.7. The standard InChI is InChI=1S/C27H25ClFN3O2/c1-17-5-4-6-18(2)26(17)34-16-20-7-9-21(10-8-20)27(33)30-25-13-19(3)32(31-25)15-22-11-12-23(29)14-24(22)28/h4-14H,15-16H2,1-3H3,(H,30,31,33). The number of hydrogen-bond donors (Lipinski definition) is 1. The van der Waals surface area contributed by atoms with Crippen LogP contribution < -0.4 is 10.1 Å². The molecule has 4 rings (SSSR count). The van der Waals surface area contributed by atoms with E-state index in [2.05, 4.69) is 10.4 Å². The van der Waals surface area contributed by atoms with Gasteiger partial charge in [0.05, 0.1) is 6.54 Å². The topological polar surface area (TPSA) is 56.1 Å². The molecule has 4 aromatic rings. The average Bonchev–Trinajstić information content (AvgIpc) is 3.14. The molecule has 7 heteroatoms. The van der Waals surface area contributed by atoms with Crippen LogP contribution in [0.25, 0.3) is 0 Å². The Morgan fingerprint density at radius 2 is 1.74 bits per heavy atom. The fraction of sp³-hybridized carbons (Fsp3) is 0.185. The summed E-state index contributed by atoms with van der Waals surface area (Å²) in [6, 6.07) is 19.4. The highest BCUT2D eigenvalue weighted by Gasteiger charge is 2.12. The van der Waals surface area contributed by atoms with Crippen molar-refractivity contribution in [3.63, 3.8) is 0 Å². The van der Waals surface area contributed by atoms with Crippen LogP contribution in [0.5, 0.6) is 5.75 Å². The number of benzene rings is 3. The van der Waals surface area contributed by atoms with Crippen molar-refractivity contribution < 1.29 is 13.9 Å². The molecule has 0 aliphatic rings. The minimum atomic E-state index is -0.387. The summed E-state index contributed by atoms with van der Waals surface area (Å²) in [5.74, 6) is 0.675. The second-order valence-electron chi connectivity index (χ2n) is 8.22. The Labute approximate surface area is 203 Å². The van der Waals surface area contributed by atoms with Gasteiger partial charge in [-0.05, 0) is 67.3 Å². The molecule has 1 aromatic heterocycles. The summed E-state index contributed by atoms with van der Waals surface area (Å²) < 4.78 is 21.0. The fourth-order valence-electron chi connectivity index (χ4n) is 3.67. The molecule has 0 spiro atoms. The zero-order valence-corrected chi connectivity index (χ0v) is 20.0. The van der Waals surface area contributed by atoms with E-state index in [4.69, 9.17) is 16.3 Å². The van der Waals surface area contributed by atoms with Crippen LogP contribution in [-0.4, -0.2) is 15.7 Å². The van der Waals surface area contributed by atoms with Gasteiger partial charge in [0.2, 0.25) is 0 Å². The van der Waals surface area contributed by atoms with E-state index in [1.165, 1.54) is 12.1 Å². The Balaban J connectivity index is 1.38. The zero-order chi connectivity index (χ0) is 24.2. The molecule has 0 unspecified atom stereocenters. The number of hydrogen-bond acceptors (Lipinski definition) is 3. The number of amides is 1. The van der Waals surface area contributed by atoms with Crippen molar-refractivity contribution in [2.45, 2.75) is 33.9 Å². The number of ether oxygens (including phenoxy) is 1. The number of nitrogens with zero attached hydrogens (tertiary/aromatic N) is 2. The first kappa shape index (κ1) is 23.5. The Kier molecular flexibility index (Phi) is 6.98. The molecule has 0 fully saturated rings. The van der Waals surface area contributed by atoms with Crippen LogP contribution in [0.15, 0.2) is 66.7 Å². The maximum absolute atomic E-state index is 13.3. The lowest BCUT2D eigenvalue weighted by atomic mass is 10.1. The molecule has 1 N–H and O–H groups in total. The van der Waals surface area contributed by atoms with Gasteiger partial charge in [0.1, 0.15) is 18.2 Å². The molecule has 34 heavy (non-hydrogen) atoms. The van der Waals surface area contributed by atoms with Gasteiger partial charge in [-0.2, -0.15) is 5.10 Å². The summed E-state index contributed by atoms with van der Waals surface area (Å²) in [5, 5.41) is 7.60. The van der Waals surface area contributed by atoms with E-state index in [1.807, 2.05) is 51.1 Å². The predicted molar refractivity (Wildman–Crippen MR) is 132 cm³/mol. The minimum Gasteiger partial charge on any atom is -0.488 e. The largest absolute Gasteiger partial charge is 0.488 e. The second kappa shape index (κ2) is 10.1. The maximum atomic E-state index is 13.3. The van der Waals surface area contributed by atoms with E-state index >= 15 is 0 Å². The lowest BCUT2D eigenvalue weighted by Gasteiger charge is -2.12. The molecule has 0 aliphatic carbocycles. The molecule has 0 bridgehead atoms. The summed E-state index contributed by atoms with van der Waals surface area (Å²) in [6.45, 7) is 6.71. The minimum absolute atomic E-state index is 0.258. The van der Waals surface area contributed by atoms with Gasteiger partial charge in [-0.25, -0.2) is 4.39 Å². The molecule has 3 aromatic carbocycles. The zero-order valence-electron chi connectivity index (χ0n) is 19.2. The molecule has 0 aliphatic heterocycles. The average molecular weight is 478 g/mol. The molecule has 1 heterocycles. The van der Waals surface area contributed by atoms with Crippen molar-refractivity contribution in [1.82, 2.24) is 9.78 Å². The third-order valence-corrected chi connectivity index (χ3v) is 5.92.